The highest BCUT2D eigenvalue weighted by Crippen LogP contribution is 2.43. The van der Waals surface area contributed by atoms with Gasteiger partial charge in [0.25, 0.3) is 0 Å². The Bertz CT molecular complexity index is 2630. The Balaban J connectivity index is 1.20. The second-order valence-electron chi connectivity index (χ2n) is 16.9. The summed E-state index contributed by atoms with van der Waals surface area (Å²) in [6.07, 6.45) is 4.47. The number of benzene rings is 9. The number of hydrogen-bond acceptors (Lipinski definition) is 1. The van der Waals surface area contributed by atoms with Crippen LogP contribution in [0.3, 0.4) is 0 Å². The summed E-state index contributed by atoms with van der Waals surface area (Å²) in [5.41, 5.74) is 1.42. The summed E-state index contributed by atoms with van der Waals surface area (Å²) in [6.45, 7) is 0.895. The lowest BCUT2D eigenvalue weighted by atomic mass is 10.2. The molecule has 0 N–H and O–H groups in total. The first-order chi connectivity index (χ1) is 33.1. The minimum absolute atomic E-state index is 0.552. The van der Waals surface area contributed by atoms with Gasteiger partial charge in [-0.3, -0.25) is 0 Å². The maximum absolute atomic E-state index is 2.52. The van der Waals surface area contributed by atoms with Gasteiger partial charge in [-0.2, -0.15) is 15.6 Å². The van der Waals surface area contributed by atoms with Gasteiger partial charge in [0.2, 0.25) is 0 Å². The summed E-state index contributed by atoms with van der Waals surface area (Å²) in [4.78, 5) is 2.34. The highest BCUT2D eigenvalue weighted by molar-refractivity contribution is 7.78. The van der Waals surface area contributed by atoms with Gasteiger partial charge >= 0.3 is 0 Å². The average Bonchev–Trinajstić information content (AvgIpc) is 3.39. The smallest absolute Gasteiger partial charge is 0.0201 e. The molecule has 0 amide bonds. The fourth-order valence-corrected chi connectivity index (χ4v) is 24.3. The molecule has 9 aromatic rings. The van der Waals surface area contributed by atoms with Gasteiger partial charge in [-0.05, 0) is 113 Å². The van der Waals surface area contributed by atoms with E-state index in [9.17, 15) is 0 Å². The quantitative estimate of drug-likeness (QED) is 0.0444. The summed E-state index contributed by atoms with van der Waals surface area (Å²) >= 11 is 0. The second-order valence-corrected chi connectivity index (χ2v) is 28.6. The van der Waals surface area contributed by atoms with E-state index in [4.69, 9.17) is 0 Å². The van der Waals surface area contributed by atoms with Crippen molar-refractivity contribution in [2.75, 3.05) is 38.7 Å². The molecule has 0 spiro atoms. The molecule has 9 aromatic carbocycles. The third-order valence-corrected chi connectivity index (χ3v) is 26.5. The average molecular weight is 957 g/mol. The molecule has 0 radical (unpaired) electrons. The van der Waals surface area contributed by atoms with Crippen LogP contribution in [0.4, 0.5) is 0 Å². The van der Waals surface area contributed by atoms with Crippen molar-refractivity contribution in [3.63, 3.8) is 0 Å². The first kappa shape index (κ1) is 47.0. The van der Waals surface area contributed by atoms with Crippen molar-refractivity contribution in [3.8, 4) is 0 Å². The number of hydrogen-bond donors (Lipinski definition) is 0. The van der Waals surface area contributed by atoms with Crippen molar-refractivity contribution >= 4 is 98.5 Å². The fourth-order valence-electron chi connectivity index (χ4n) is 9.16. The Labute approximate surface area is 406 Å². The number of nitrogens with zero attached hydrogens (tertiary/aromatic N) is 1. The first-order valence-electron chi connectivity index (χ1n) is 23.3. The predicted molar refractivity (Wildman–Crippen MR) is 304 cm³/mol. The summed E-state index contributed by atoms with van der Waals surface area (Å²) in [5, 5.41) is 16.3. The third-order valence-electron chi connectivity index (χ3n) is 12.2. The Morgan fingerprint density at radius 3 is 0.866 bits per heavy atom. The van der Waals surface area contributed by atoms with Crippen LogP contribution in [0.1, 0.15) is 5.56 Å². The largest absolute Gasteiger partial charge is 0.305 e. The van der Waals surface area contributed by atoms with Gasteiger partial charge in [-0.15, -0.1) is 0 Å². The van der Waals surface area contributed by atoms with Crippen LogP contribution in [0.5, 0.6) is 0 Å². The molecule has 2 atom stereocenters. The molecule has 0 aromatic heterocycles. The van der Waals surface area contributed by atoms with Crippen LogP contribution in [-0.4, -0.2) is 52.4 Å². The topological polar surface area (TPSA) is 3.24 Å². The van der Waals surface area contributed by atoms with E-state index >= 15 is 0 Å². The molecule has 0 heterocycles. The lowest BCUT2D eigenvalue weighted by Gasteiger charge is -2.42. The van der Waals surface area contributed by atoms with Gasteiger partial charge in [0.1, 0.15) is 0 Å². The molecule has 2 unspecified atom stereocenters. The van der Waals surface area contributed by atoms with Gasteiger partial charge in [-0.1, -0.05) is 260 Å². The molecule has 0 aliphatic rings. The van der Waals surface area contributed by atoms with Crippen LogP contribution >= 0.6 is 31.7 Å². The van der Waals surface area contributed by atoms with E-state index in [0.717, 1.165) is 31.2 Å². The second kappa shape index (κ2) is 23.7. The van der Waals surface area contributed by atoms with E-state index in [-0.39, 0.29) is 0 Å². The Morgan fingerprint density at radius 2 is 0.537 bits per heavy atom. The molecule has 0 bridgehead atoms. The van der Waals surface area contributed by atoms with Crippen molar-refractivity contribution in [2.24, 2.45) is 0 Å². The molecular weight excluding hydrogens is 899 g/mol. The van der Waals surface area contributed by atoms with Crippen LogP contribution in [-0.2, 0) is 6.54 Å². The van der Waals surface area contributed by atoms with Crippen LogP contribution in [0.15, 0.2) is 255 Å². The van der Waals surface area contributed by atoms with Crippen molar-refractivity contribution in [3.05, 3.63) is 260 Å². The molecule has 1 nitrogen and oxygen atoms in total. The molecule has 9 rings (SSSR count). The lowest BCUT2D eigenvalue weighted by Crippen LogP contribution is -2.61. The number of rotatable bonds is 19. The normalized spacial score (nSPS) is 12.3. The third kappa shape index (κ3) is 11.8. The molecule has 67 heavy (non-hydrogen) atoms. The van der Waals surface area contributed by atoms with Gasteiger partial charge in [0.15, 0.2) is 0 Å². The molecular formula is C61H58NP4Si-. The van der Waals surface area contributed by atoms with Gasteiger partial charge in [-0.25, -0.2) is 8.80 Å². The minimum Gasteiger partial charge on any atom is -0.305 e. The lowest BCUT2D eigenvalue weighted by molar-refractivity contribution is 0.403. The van der Waals surface area contributed by atoms with E-state index in [1.165, 1.54) is 63.6 Å². The monoisotopic (exact) mass is 956 g/mol. The standard InChI is InChI=1S/C61H58NP4Si/c1-62(2)49-50-27-21-24-42-59(50)67(60-43-25-22-40-57(60)65(55-36-17-7-18-37-55)47-45-63(51-28-9-3-10-29-51)52-30-11-4-12-31-52)61-44-26-23-41-58(61)66(56-38-19-8-20-39-56)48-46-64(53-32-13-5-14-33-53)54-34-15-6-16-35-54/h3-44H,45-49H2,1-2H3/q-1. The molecule has 0 aliphatic heterocycles. The fraction of sp³-hybridized carbons (Fsp3) is 0.115. The molecule has 0 aliphatic carbocycles. The van der Waals surface area contributed by atoms with Crippen molar-refractivity contribution < 1.29 is 0 Å². The zero-order chi connectivity index (χ0) is 45.6. The molecule has 0 saturated carbocycles. The van der Waals surface area contributed by atoms with E-state index in [1.807, 2.05) is 0 Å². The SMILES string of the molecule is CN(C)Cc1ccccc1[Si-](c1ccccc1P(CCP(c1ccccc1)c1ccccc1)c1ccccc1)c1ccccc1P(CCP(c1ccccc1)c1ccccc1)c1ccccc1. The van der Waals surface area contributed by atoms with Gasteiger partial charge < -0.3 is 4.90 Å². The predicted octanol–water partition coefficient (Wildman–Crippen LogP) is 9.40. The molecule has 0 saturated heterocycles. The van der Waals surface area contributed by atoms with E-state index in [1.54, 1.807) is 0 Å². The summed E-state index contributed by atoms with van der Waals surface area (Å²) in [5.74, 6) is 0. The zero-order valence-electron chi connectivity index (χ0n) is 38.5. The summed E-state index contributed by atoms with van der Waals surface area (Å²) in [6, 6.07) is 96.9. The zero-order valence-corrected chi connectivity index (χ0v) is 43.1. The summed E-state index contributed by atoms with van der Waals surface area (Å²) in [7, 11) is 0.297. The summed E-state index contributed by atoms with van der Waals surface area (Å²) < 4.78 is 0. The van der Waals surface area contributed by atoms with E-state index < -0.39 is 40.5 Å². The van der Waals surface area contributed by atoms with Crippen LogP contribution in [0, 0.1) is 0 Å². The van der Waals surface area contributed by atoms with Crippen LogP contribution in [0.2, 0.25) is 0 Å². The molecule has 6 heteroatoms. The van der Waals surface area contributed by atoms with Crippen LogP contribution in [0.25, 0.3) is 0 Å². The minimum atomic E-state index is -1.58. The van der Waals surface area contributed by atoms with E-state index in [0.29, 0.717) is 0 Å². The Hall–Kier alpha value is -5.12. The van der Waals surface area contributed by atoms with Crippen molar-refractivity contribution in [1.82, 2.24) is 4.90 Å². The van der Waals surface area contributed by atoms with E-state index in [2.05, 4.69) is 274 Å². The molecule has 332 valence electrons. The highest BCUT2D eigenvalue weighted by atomic mass is 31.1. The van der Waals surface area contributed by atoms with Crippen molar-refractivity contribution in [2.45, 2.75) is 6.54 Å². The highest BCUT2D eigenvalue weighted by Gasteiger charge is 2.25. The molecule has 0 fully saturated rings. The first-order valence-corrected chi connectivity index (χ1v) is 30.9. The Kier molecular flexibility index (Phi) is 16.6. The van der Waals surface area contributed by atoms with Crippen LogP contribution < -0.4 is 58.0 Å². The maximum atomic E-state index is 2.52. The van der Waals surface area contributed by atoms with Gasteiger partial charge in [0.05, 0.1) is 0 Å². The Morgan fingerprint density at radius 1 is 0.284 bits per heavy atom. The van der Waals surface area contributed by atoms with Crippen molar-refractivity contribution in [1.29, 1.82) is 0 Å². The van der Waals surface area contributed by atoms with Gasteiger partial charge in [0, 0.05) is 6.54 Å². The maximum Gasteiger partial charge on any atom is 0.0201 e.